The van der Waals surface area contributed by atoms with Crippen LogP contribution < -0.4 is 15.8 Å². The molecular weight excluding hydrogens is 336 g/mol. The fourth-order valence-corrected chi connectivity index (χ4v) is 2.76. The van der Waals surface area contributed by atoms with Crippen molar-refractivity contribution in [3.05, 3.63) is 35.3 Å². The molecule has 2 rings (SSSR count). The van der Waals surface area contributed by atoms with Gasteiger partial charge < -0.3 is 15.8 Å². The molecule has 0 saturated heterocycles. The molecule has 3 N–H and O–H groups in total. The molecule has 1 aromatic carbocycles. The van der Waals surface area contributed by atoms with Crippen molar-refractivity contribution in [2.45, 2.75) is 13.5 Å². The number of nitrogens with zero attached hydrogens (tertiary/aromatic N) is 2. The molecule has 2 aromatic rings. The summed E-state index contributed by atoms with van der Waals surface area (Å²) in [7, 11) is 1.58. The van der Waals surface area contributed by atoms with Gasteiger partial charge in [0, 0.05) is 17.6 Å². The third-order valence-electron chi connectivity index (χ3n) is 3.15. The Morgan fingerprint density at radius 2 is 2.17 bits per heavy atom. The lowest BCUT2D eigenvalue weighted by Gasteiger charge is -2.19. The van der Waals surface area contributed by atoms with Crippen molar-refractivity contribution in [3.63, 3.8) is 0 Å². The summed E-state index contributed by atoms with van der Waals surface area (Å²) < 4.78 is 5.23. The third-order valence-corrected chi connectivity index (χ3v) is 3.96. The number of carbonyl (C=O) groups excluding carboxylic acids is 1. The number of nitrogens with one attached hydrogen (secondary N) is 1. The van der Waals surface area contributed by atoms with Gasteiger partial charge in [0.05, 0.1) is 19.3 Å². The molecule has 0 atom stereocenters. The Morgan fingerprint density at radius 3 is 2.78 bits per heavy atom. The van der Waals surface area contributed by atoms with Crippen LogP contribution in [0.25, 0.3) is 0 Å². The van der Waals surface area contributed by atoms with Gasteiger partial charge in [0.15, 0.2) is 5.13 Å². The van der Waals surface area contributed by atoms with Gasteiger partial charge in [-0.15, -0.1) is 23.7 Å². The zero-order valence-corrected chi connectivity index (χ0v) is 14.7. The lowest BCUT2D eigenvalue weighted by atomic mass is 10.3. The number of likely N-dealkylation sites (N-methyl/N-ethyl adjacent to an activating group) is 1. The van der Waals surface area contributed by atoms with Gasteiger partial charge in [0.1, 0.15) is 5.75 Å². The van der Waals surface area contributed by atoms with Gasteiger partial charge >= 0.3 is 0 Å². The number of para-hydroxylation sites is 2. The van der Waals surface area contributed by atoms with E-state index in [1.54, 1.807) is 13.3 Å². The molecule has 0 spiro atoms. The van der Waals surface area contributed by atoms with Crippen molar-refractivity contribution < 1.29 is 9.53 Å². The van der Waals surface area contributed by atoms with Crippen LogP contribution in [-0.2, 0) is 11.3 Å². The highest BCUT2D eigenvalue weighted by atomic mass is 35.5. The molecule has 126 valence electrons. The molecule has 0 bridgehead atoms. The summed E-state index contributed by atoms with van der Waals surface area (Å²) in [5.41, 5.74) is 6.30. The van der Waals surface area contributed by atoms with E-state index in [0.717, 1.165) is 11.4 Å². The number of hydrogen-bond donors (Lipinski definition) is 2. The van der Waals surface area contributed by atoms with Crippen molar-refractivity contribution in [1.29, 1.82) is 0 Å². The number of methoxy groups -OCH3 is 1. The van der Waals surface area contributed by atoms with Crippen LogP contribution in [0.3, 0.4) is 0 Å². The fourth-order valence-electron chi connectivity index (χ4n) is 2.04. The molecule has 0 aliphatic rings. The molecule has 8 heteroatoms. The molecule has 1 amide bonds. The van der Waals surface area contributed by atoms with E-state index >= 15 is 0 Å². The van der Waals surface area contributed by atoms with E-state index in [0.29, 0.717) is 29.7 Å². The molecule has 0 radical (unpaired) electrons. The van der Waals surface area contributed by atoms with Gasteiger partial charge in [-0.1, -0.05) is 19.1 Å². The van der Waals surface area contributed by atoms with E-state index in [1.807, 2.05) is 36.1 Å². The number of carbonyl (C=O) groups is 1. The van der Waals surface area contributed by atoms with Crippen molar-refractivity contribution in [2.24, 2.45) is 0 Å². The quantitative estimate of drug-likeness (QED) is 0.797. The lowest BCUT2D eigenvalue weighted by Crippen LogP contribution is -2.32. The first-order chi connectivity index (χ1) is 10.6. The van der Waals surface area contributed by atoms with Crippen LogP contribution in [0.15, 0.2) is 30.5 Å². The molecule has 0 unspecified atom stereocenters. The number of amides is 1. The van der Waals surface area contributed by atoms with Crippen molar-refractivity contribution in [1.82, 2.24) is 9.88 Å². The number of hydrogen-bond acceptors (Lipinski definition) is 6. The van der Waals surface area contributed by atoms with E-state index < -0.39 is 0 Å². The third kappa shape index (κ3) is 5.70. The summed E-state index contributed by atoms with van der Waals surface area (Å²) in [4.78, 5) is 19.3. The average Bonchev–Trinajstić information content (AvgIpc) is 2.92. The van der Waals surface area contributed by atoms with Crippen LogP contribution in [-0.4, -0.2) is 36.0 Å². The van der Waals surface area contributed by atoms with Crippen LogP contribution in [0.4, 0.5) is 10.8 Å². The summed E-state index contributed by atoms with van der Waals surface area (Å²) in [6.45, 7) is 3.73. The molecule has 0 aliphatic carbocycles. The number of nitrogen functional groups attached to an aromatic ring is 1. The van der Waals surface area contributed by atoms with Gasteiger partial charge in [0.25, 0.3) is 0 Å². The standard InChI is InChI=1S/C15H20N4O2S.ClH/c1-3-19(9-11-8-17-15(16)22-11)10-14(20)18-12-6-4-5-7-13(12)21-2;/h4-8H,3,9-10H2,1-2H3,(H2,16,17)(H,18,20);1H. The summed E-state index contributed by atoms with van der Waals surface area (Å²) in [6, 6.07) is 7.35. The topological polar surface area (TPSA) is 80.5 Å². The van der Waals surface area contributed by atoms with E-state index in [4.69, 9.17) is 10.5 Å². The Balaban J connectivity index is 0.00000264. The number of nitrogens with two attached hydrogens (primary N) is 1. The SMILES string of the molecule is CCN(CC(=O)Nc1ccccc1OC)Cc1cnc(N)s1.Cl. The second-order valence-corrected chi connectivity index (χ2v) is 5.86. The Morgan fingerprint density at radius 1 is 1.43 bits per heavy atom. The lowest BCUT2D eigenvalue weighted by molar-refractivity contribution is -0.117. The maximum atomic E-state index is 12.2. The van der Waals surface area contributed by atoms with Gasteiger partial charge in [0.2, 0.25) is 5.91 Å². The van der Waals surface area contributed by atoms with Crippen LogP contribution in [0, 0.1) is 0 Å². The average molecular weight is 357 g/mol. The van der Waals surface area contributed by atoms with Gasteiger partial charge in [-0.2, -0.15) is 0 Å². The number of anilines is 2. The number of thiazole rings is 1. The predicted octanol–water partition coefficient (Wildman–Crippen LogP) is 2.62. The molecule has 23 heavy (non-hydrogen) atoms. The minimum Gasteiger partial charge on any atom is -0.495 e. The molecule has 6 nitrogen and oxygen atoms in total. The Hall–Kier alpha value is -1.83. The first-order valence-electron chi connectivity index (χ1n) is 6.97. The first kappa shape index (κ1) is 19.2. The second-order valence-electron chi connectivity index (χ2n) is 4.72. The number of ether oxygens (including phenoxy) is 1. The molecule has 0 aliphatic heterocycles. The molecule has 1 heterocycles. The zero-order chi connectivity index (χ0) is 15.9. The summed E-state index contributed by atoms with van der Waals surface area (Å²) in [5.74, 6) is 0.568. The maximum absolute atomic E-state index is 12.2. The first-order valence-corrected chi connectivity index (χ1v) is 7.79. The van der Waals surface area contributed by atoms with Crippen molar-refractivity contribution in [3.8, 4) is 5.75 Å². The van der Waals surface area contributed by atoms with E-state index in [-0.39, 0.29) is 18.3 Å². The van der Waals surface area contributed by atoms with Gasteiger partial charge in [-0.3, -0.25) is 9.69 Å². The number of aromatic nitrogens is 1. The molecule has 1 aromatic heterocycles. The van der Waals surface area contributed by atoms with Crippen molar-refractivity contribution >= 4 is 40.5 Å². The Kier molecular flexibility index (Phi) is 7.80. The fraction of sp³-hybridized carbons (Fsp3) is 0.333. The zero-order valence-electron chi connectivity index (χ0n) is 13.1. The van der Waals surface area contributed by atoms with Gasteiger partial charge in [-0.25, -0.2) is 4.98 Å². The van der Waals surface area contributed by atoms with Crippen molar-refractivity contribution in [2.75, 3.05) is 31.2 Å². The maximum Gasteiger partial charge on any atom is 0.238 e. The van der Waals surface area contributed by atoms with Crippen LogP contribution >= 0.6 is 23.7 Å². The molecule has 0 fully saturated rings. The van der Waals surface area contributed by atoms with Crippen LogP contribution in [0.5, 0.6) is 5.75 Å². The Labute approximate surface area is 146 Å². The highest BCUT2D eigenvalue weighted by Gasteiger charge is 2.13. The van der Waals surface area contributed by atoms with E-state index in [2.05, 4.69) is 10.3 Å². The van der Waals surface area contributed by atoms with Gasteiger partial charge in [-0.05, 0) is 18.7 Å². The monoisotopic (exact) mass is 356 g/mol. The number of benzene rings is 1. The largest absolute Gasteiger partial charge is 0.495 e. The summed E-state index contributed by atoms with van der Waals surface area (Å²) in [6.07, 6.45) is 1.75. The predicted molar refractivity (Wildman–Crippen MR) is 96.3 cm³/mol. The van der Waals surface area contributed by atoms with Crippen LogP contribution in [0.2, 0.25) is 0 Å². The van der Waals surface area contributed by atoms with E-state index in [9.17, 15) is 4.79 Å². The number of rotatable bonds is 7. The smallest absolute Gasteiger partial charge is 0.238 e. The second kappa shape index (κ2) is 9.34. The minimum absolute atomic E-state index is 0. The summed E-state index contributed by atoms with van der Waals surface area (Å²) in [5, 5.41) is 3.42. The van der Waals surface area contributed by atoms with Crippen LogP contribution in [0.1, 0.15) is 11.8 Å². The normalized spacial score (nSPS) is 10.2. The highest BCUT2D eigenvalue weighted by Crippen LogP contribution is 2.23. The molecular formula is C15H21ClN4O2S. The highest BCUT2D eigenvalue weighted by molar-refractivity contribution is 7.15. The van der Waals surface area contributed by atoms with E-state index in [1.165, 1.54) is 11.3 Å². The summed E-state index contributed by atoms with van der Waals surface area (Å²) >= 11 is 1.44. The Bertz CT molecular complexity index is 635. The molecule has 0 saturated carbocycles. The number of halogens is 1. The minimum atomic E-state index is -0.0798.